The van der Waals surface area contributed by atoms with Gasteiger partial charge in [-0.15, -0.1) is 0 Å². The molecule has 1 heterocycles. The largest absolute Gasteiger partial charge is 0.497 e. The van der Waals surface area contributed by atoms with Crippen molar-refractivity contribution in [3.63, 3.8) is 0 Å². The monoisotopic (exact) mass is 309 g/mol. The van der Waals surface area contributed by atoms with E-state index in [1.54, 1.807) is 7.11 Å². The van der Waals surface area contributed by atoms with Crippen molar-refractivity contribution in [1.29, 1.82) is 0 Å². The summed E-state index contributed by atoms with van der Waals surface area (Å²) in [5, 5.41) is 0. The molecule has 0 unspecified atom stereocenters. The van der Waals surface area contributed by atoms with Gasteiger partial charge in [-0.25, -0.2) is 4.99 Å². The lowest BCUT2D eigenvalue weighted by atomic mass is 9.72. The maximum Gasteiger partial charge on any atom is 0.196 e. The summed E-state index contributed by atoms with van der Waals surface area (Å²) < 4.78 is 11.2. The normalized spacial score (nSPS) is 22.3. The van der Waals surface area contributed by atoms with E-state index < -0.39 is 0 Å². The second-order valence-electron chi connectivity index (χ2n) is 6.94. The van der Waals surface area contributed by atoms with Gasteiger partial charge in [0.1, 0.15) is 11.9 Å². The first-order valence-electron chi connectivity index (χ1n) is 7.93. The molecule has 0 bridgehead atoms. The highest BCUT2D eigenvalue weighted by Gasteiger charge is 2.48. The minimum absolute atomic E-state index is 0.0770. The molecule has 1 fully saturated rings. The predicted octanol–water partition coefficient (Wildman–Crippen LogP) is 5.16. The summed E-state index contributed by atoms with van der Waals surface area (Å²) in [7, 11) is 1.66. The van der Waals surface area contributed by atoms with Crippen LogP contribution in [0, 0.1) is 11.3 Å². The smallest absolute Gasteiger partial charge is 0.196 e. The van der Waals surface area contributed by atoms with E-state index in [1.807, 2.05) is 30.3 Å². The van der Waals surface area contributed by atoms with Crippen molar-refractivity contribution in [2.75, 3.05) is 7.11 Å². The molecule has 0 radical (unpaired) electrons. The van der Waals surface area contributed by atoms with Crippen molar-refractivity contribution in [3.05, 3.63) is 60.2 Å². The number of nitrogens with zero attached hydrogens (tertiary/aromatic N) is 1. The minimum Gasteiger partial charge on any atom is -0.497 e. The number of hydrogen-bond donors (Lipinski definition) is 0. The highest BCUT2D eigenvalue weighted by atomic mass is 16.5. The molecule has 0 saturated carbocycles. The van der Waals surface area contributed by atoms with Crippen LogP contribution in [0.5, 0.6) is 5.75 Å². The third-order valence-electron chi connectivity index (χ3n) is 4.19. The number of aliphatic imine (C=N–C) groups is 1. The Labute approximate surface area is 138 Å². The van der Waals surface area contributed by atoms with Gasteiger partial charge < -0.3 is 9.47 Å². The summed E-state index contributed by atoms with van der Waals surface area (Å²) in [6.45, 7) is 6.71. The zero-order chi connectivity index (χ0) is 16.4. The molecule has 0 aliphatic carbocycles. The van der Waals surface area contributed by atoms with Crippen molar-refractivity contribution >= 4 is 11.6 Å². The van der Waals surface area contributed by atoms with E-state index in [-0.39, 0.29) is 17.4 Å². The van der Waals surface area contributed by atoms with Crippen molar-refractivity contribution in [3.8, 4) is 5.75 Å². The van der Waals surface area contributed by atoms with Crippen LogP contribution in [0.3, 0.4) is 0 Å². The molecule has 3 heteroatoms. The maximum absolute atomic E-state index is 6.04. The lowest BCUT2D eigenvalue weighted by Gasteiger charge is -2.46. The molecule has 1 aliphatic rings. The molecule has 3 rings (SSSR count). The van der Waals surface area contributed by atoms with E-state index in [0.717, 1.165) is 17.3 Å². The first kappa shape index (κ1) is 15.6. The van der Waals surface area contributed by atoms with Crippen LogP contribution in [0.15, 0.2) is 59.6 Å². The molecule has 0 amide bonds. The van der Waals surface area contributed by atoms with Gasteiger partial charge in [0.25, 0.3) is 0 Å². The molecule has 3 nitrogen and oxygen atoms in total. The molecule has 1 aliphatic heterocycles. The van der Waals surface area contributed by atoms with Crippen LogP contribution in [-0.4, -0.2) is 13.0 Å². The predicted molar refractivity (Wildman–Crippen MR) is 93.3 cm³/mol. The average Bonchev–Trinajstić information content (AvgIpc) is 2.50. The molecule has 2 atom stereocenters. The fourth-order valence-electron chi connectivity index (χ4n) is 2.94. The van der Waals surface area contributed by atoms with Crippen LogP contribution in [0.2, 0.25) is 0 Å². The van der Waals surface area contributed by atoms with Crippen LogP contribution in [0.4, 0.5) is 5.69 Å². The Morgan fingerprint density at radius 3 is 2.17 bits per heavy atom. The van der Waals surface area contributed by atoms with Crippen LogP contribution >= 0.6 is 0 Å². The van der Waals surface area contributed by atoms with Gasteiger partial charge in [0.05, 0.1) is 18.7 Å². The molecule has 23 heavy (non-hydrogen) atoms. The van der Waals surface area contributed by atoms with Gasteiger partial charge in [-0.2, -0.15) is 0 Å². The summed E-state index contributed by atoms with van der Waals surface area (Å²) >= 11 is 0. The van der Waals surface area contributed by atoms with Gasteiger partial charge in [0, 0.05) is 0 Å². The third kappa shape index (κ3) is 3.24. The van der Waals surface area contributed by atoms with Gasteiger partial charge in [-0.05, 0) is 35.2 Å². The lowest BCUT2D eigenvalue weighted by molar-refractivity contribution is -0.000812. The molecule has 1 saturated heterocycles. The summed E-state index contributed by atoms with van der Waals surface area (Å²) in [6, 6.07) is 18.1. The lowest BCUT2D eigenvalue weighted by Crippen LogP contribution is -2.46. The Morgan fingerprint density at radius 2 is 1.61 bits per heavy atom. The molecule has 120 valence electrons. The summed E-state index contributed by atoms with van der Waals surface area (Å²) in [5.41, 5.74) is 2.19. The molecule has 2 aromatic rings. The first-order valence-corrected chi connectivity index (χ1v) is 7.93. The van der Waals surface area contributed by atoms with Crippen LogP contribution < -0.4 is 4.74 Å². The number of hydrogen-bond acceptors (Lipinski definition) is 3. The van der Waals surface area contributed by atoms with Crippen molar-refractivity contribution in [2.24, 2.45) is 16.3 Å². The van der Waals surface area contributed by atoms with Gasteiger partial charge in [-0.1, -0.05) is 51.1 Å². The maximum atomic E-state index is 6.04. The number of methoxy groups -OCH3 is 1. The summed E-state index contributed by atoms with van der Waals surface area (Å²) in [4.78, 5) is 4.70. The van der Waals surface area contributed by atoms with E-state index in [4.69, 9.17) is 14.5 Å². The number of benzene rings is 2. The van der Waals surface area contributed by atoms with Gasteiger partial charge in [0.15, 0.2) is 5.90 Å². The SMILES string of the molecule is COc1ccc(N=C2O[C@H](c3ccccc3)[C@H]2C(C)(C)C)cc1. The Kier molecular flexibility index (Phi) is 4.12. The molecule has 0 spiro atoms. The van der Waals surface area contributed by atoms with Gasteiger partial charge in [0.2, 0.25) is 0 Å². The van der Waals surface area contributed by atoms with Crippen LogP contribution in [-0.2, 0) is 4.74 Å². The number of ether oxygens (including phenoxy) is 2. The third-order valence-corrected chi connectivity index (χ3v) is 4.19. The van der Waals surface area contributed by atoms with Crippen LogP contribution in [0.25, 0.3) is 0 Å². The van der Waals surface area contributed by atoms with Crippen molar-refractivity contribution < 1.29 is 9.47 Å². The standard InChI is InChI=1S/C20H23NO2/c1-20(2,3)17-18(14-8-6-5-7-9-14)23-19(17)21-15-10-12-16(22-4)13-11-15/h5-13,17-18H,1-4H3/t17-,18-/m1/s1. The Hall–Kier alpha value is -2.29. The summed E-state index contributed by atoms with van der Waals surface area (Å²) in [6.07, 6.45) is 0.0770. The average molecular weight is 309 g/mol. The fraction of sp³-hybridized carbons (Fsp3) is 0.350. The topological polar surface area (TPSA) is 30.8 Å². The second-order valence-corrected chi connectivity index (χ2v) is 6.94. The highest BCUT2D eigenvalue weighted by Crippen LogP contribution is 2.48. The van der Waals surface area contributed by atoms with Crippen LogP contribution in [0.1, 0.15) is 32.4 Å². The van der Waals surface area contributed by atoms with Crippen molar-refractivity contribution in [2.45, 2.75) is 26.9 Å². The second kappa shape index (κ2) is 6.07. The first-order chi connectivity index (χ1) is 11.0. The summed E-state index contributed by atoms with van der Waals surface area (Å²) in [5.74, 6) is 1.92. The quantitative estimate of drug-likeness (QED) is 0.784. The van der Waals surface area contributed by atoms with Gasteiger partial charge >= 0.3 is 0 Å². The molecule has 2 aromatic carbocycles. The zero-order valence-electron chi connectivity index (χ0n) is 14.1. The Bertz CT molecular complexity index is 684. The van der Waals surface area contributed by atoms with E-state index in [2.05, 4.69) is 45.0 Å². The van der Waals surface area contributed by atoms with Gasteiger partial charge in [-0.3, -0.25) is 0 Å². The molecular formula is C20H23NO2. The van der Waals surface area contributed by atoms with Crippen molar-refractivity contribution in [1.82, 2.24) is 0 Å². The van der Waals surface area contributed by atoms with E-state index in [1.165, 1.54) is 5.56 Å². The molecular weight excluding hydrogens is 286 g/mol. The van der Waals surface area contributed by atoms with E-state index in [0.29, 0.717) is 0 Å². The highest BCUT2D eigenvalue weighted by molar-refractivity contribution is 5.87. The zero-order valence-corrected chi connectivity index (χ0v) is 14.1. The number of rotatable bonds is 3. The van der Waals surface area contributed by atoms with E-state index >= 15 is 0 Å². The molecule has 0 N–H and O–H groups in total. The Morgan fingerprint density at radius 1 is 0.957 bits per heavy atom. The fourth-order valence-corrected chi connectivity index (χ4v) is 2.94. The molecule has 0 aromatic heterocycles. The minimum atomic E-state index is 0.0770. The Balaban J connectivity index is 1.86. The van der Waals surface area contributed by atoms with E-state index in [9.17, 15) is 0 Å².